The van der Waals surface area contributed by atoms with Gasteiger partial charge in [0, 0.05) is 46.1 Å². The lowest BCUT2D eigenvalue weighted by atomic mass is 9.94. The summed E-state index contributed by atoms with van der Waals surface area (Å²) in [5.74, 6) is -0.861. The second-order valence-corrected chi connectivity index (χ2v) is 10.1. The van der Waals surface area contributed by atoms with Crippen LogP contribution in [0.1, 0.15) is 80.0 Å². The lowest BCUT2D eigenvalue weighted by Gasteiger charge is -2.27. The number of imide groups is 2. The minimum atomic E-state index is -0.215. The highest BCUT2D eigenvalue weighted by Gasteiger charge is 2.33. The van der Waals surface area contributed by atoms with Crippen molar-refractivity contribution >= 4 is 45.2 Å². The van der Waals surface area contributed by atoms with Gasteiger partial charge in [0.15, 0.2) is 0 Å². The molecule has 2 aliphatic rings. The second-order valence-electron chi connectivity index (χ2n) is 10.1. The molecule has 6 rings (SSSR count). The Hall–Kier alpha value is -4.36. The highest BCUT2D eigenvalue weighted by atomic mass is 16.2. The molecular weight excluding hydrogens is 492 g/mol. The molecule has 0 radical (unpaired) electrons. The molecule has 0 aromatic heterocycles. The van der Waals surface area contributed by atoms with Gasteiger partial charge in [-0.15, -0.1) is 0 Å². The zero-order chi connectivity index (χ0) is 26.2. The fraction of sp³-hybridized carbons (Fsp3) is 0.250. The maximum Gasteiger partial charge on any atom is 0.261 e. The van der Waals surface area contributed by atoms with Gasteiger partial charge in [-0.3, -0.25) is 29.0 Å². The van der Waals surface area contributed by atoms with Crippen LogP contribution in [0.25, 0.3) is 21.5 Å². The van der Waals surface area contributed by atoms with Gasteiger partial charge < -0.3 is 5.48 Å². The average molecular weight is 523 g/mol. The van der Waals surface area contributed by atoms with Crippen molar-refractivity contribution in [3.8, 4) is 0 Å². The van der Waals surface area contributed by atoms with Crippen molar-refractivity contribution in [3.05, 3.63) is 95.1 Å². The molecular formula is C32H30N2O5. The summed E-state index contributed by atoms with van der Waals surface area (Å²) in [6.07, 6.45) is 5.23. The van der Waals surface area contributed by atoms with Crippen molar-refractivity contribution in [2.24, 2.45) is 0 Å². The van der Waals surface area contributed by atoms with Crippen molar-refractivity contribution in [1.29, 1.82) is 0 Å². The van der Waals surface area contributed by atoms with Crippen LogP contribution in [0, 0.1) is 0 Å². The molecule has 2 N–H and O–H groups in total. The van der Waals surface area contributed by atoms with Gasteiger partial charge in [0.1, 0.15) is 0 Å². The molecule has 2 heterocycles. The second kappa shape index (κ2) is 10.8. The molecule has 0 bridgehead atoms. The Labute approximate surface area is 226 Å². The van der Waals surface area contributed by atoms with Crippen molar-refractivity contribution in [2.45, 2.75) is 38.5 Å². The maximum absolute atomic E-state index is 13.0. The number of hydrogen-bond donors (Lipinski definition) is 0. The van der Waals surface area contributed by atoms with Gasteiger partial charge in [0.25, 0.3) is 23.6 Å². The van der Waals surface area contributed by atoms with E-state index < -0.39 is 0 Å². The fourth-order valence-electron chi connectivity index (χ4n) is 5.81. The van der Waals surface area contributed by atoms with E-state index in [0.717, 1.165) is 60.1 Å². The first-order chi connectivity index (χ1) is 18.6. The van der Waals surface area contributed by atoms with Crippen LogP contribution in [0.15, 0.2) is 72.8 Å². The van der Waals surface area contributed by atoms with Crippen LogP contribution in [0.2, 0.25) is 0 Å². The van der Waals surface area contributed by atoms with Gasteiger partial charge in [-0.05, 0) is 47.9 Å². The van der Waals surface area contributed by atoms with Crippen LogP contribution in [0.5, 0.6) is 0 Å². The molecule has 0 fully saturated rings. The summed E-state index contributed by atoms with van der Waals surface area (Å²) in [5, 5.41) is 3.34. The number of nitrogens with zero attached hydrogens (tertiary/aromatic N) is 2. The molecule has 0 atom stereocenters. The Balaban J connectivity index is 0.00000308. The predicted octanol–water partition coefficient (Wildman–Crippen LogP) is 5.40. The minimum absolute atomic E-state index is 0. The molecule has 0 aliphatic carbocycles. The molecule has 4 aromatic carbocycles. The van der Waals surface area contributed by atoms with Crippen molar-refractivity contribution in [3.63, 3.8) is 0 Å². The van der Waals surface area contributed by atoms with E-state index in [1.807, 2.05) is 48.5 Å². The fourth-order valence-corrected chi connectivity index (χ4v) is 5.81. The molecule has 7 heteroatoms. The molecule has 0 spiro atoms. The van der Waals surface area contributed by atoms with E-state index in [4.69, 9.17) is 0 Å². The maximum atomic E-state index is 13.0. The quantitative estimate of drug-likeness (QED) is 0.217. The molecule has 4 amide bonds. The first-order valence-corrected chi connectivity index (χ1v) is 13.3. The predicted molar refractivity (Wildman–Crippen MR) is 150 cm³/mol. The SMILES string of the molecule is O.O=C1c2cccc3cccc(c23)C(=O)N1CCCCCCCCN1C(=O)c2cccc3cccc(c23)C1=O. The average Bonchev–Trinajstić information content (AvgIpc) is 2.94. The molecule has 4 aromatic rings. The first kappa shape index (κ1) is 26.3. The molecule has 198 valence electrons. The molecule has 2 aliphatic heterocycles. The van der Waals surface area contributed by atoms with Crippen molar-refractivity contribution < 1.29 is 24.7 Å². The molecule has 39 heavy (non-hydrogen) atoms. The lowest BCUT2D eigenvalue weighted by molar-refractivity contribution is 0.0590. The van der Waals surface area contributed by atoms with E-state index in [9.17, 15) is 19.2 Å². The van der Waals surface area contributed by atoms with Gasteiger partial charge in [0.2, 0.25) is 0 Å². The van der Waals surface area contributed by atoms with E-state index in [1.165, 1.54) is 9.80 Å². The minimum Gasteiger partial charge on any atom is -0.412 e. The van der Waals surface area contributed by atoms with Gasteiger partial charge in [0.05, 0.1) is 0 Å². The van der Waals surface area contributed by atoms with Crippen LogP contribution in [-0.2, 0) is 0 Å². The Kier molecular flexibility index (Phi) is 7.26. The third-order valence-corrected chi connectivity index (χ3v) is 7.73. The molecule has 0 saturated carbocycles. The monoisotopic (exact) mass is 522 g/mol. The van der Waals surface area contributed by atoms with E-state index in [-0.39, 0.29) is 29.1 Å². The van der Waals surface area contributed by atoms with E-state index in [2.05, 4.69) is 0 Å². The number of hydrogen-bond acceptors (Lipinski definition) is 4. The zero-order valence-electron chi connectivity index (χ0n) is 21.6. The van der Waals surface area contributed by atoms with Crippen LogP contribution >= 0.6 is 0 Å². The van der Waals surface area contributed by atoms with E-state index in [1.54, 1.807) is 24.3 Å². The molecule has 7 nitrogen and oxygen atoms in total. The van der Waals surface area contributed by atoms with Crippen molar-refractivity contribution in [1.82, 2.24) is 9.80 Å². The Morgan fingerprint density at radius 2 is 0.692 bits per heavy atom. The highest BCUT2D eigenvalue weighted by molar-refractivity contribution is 6.26. The Morgan fingerprint density at radius 3 is 1.00 bits per heavy atom. The number of amides is 4. The Bertz CT molecular complexity index is 1400. The standard InChI is InChI=1S/C32H28N2O4.H2O/c35-29-23-15-7-11-21-12-8-16-24(27(21)23)30(36)33(29)19-5-3-1-2-4-6-20-34-31(37)25-17-9-13-22-14-10-18-26(28(22)25)32(34)38;/h7-18H,1-6,19-20H2;1H2. The summed E-state index contributed by atoms with van der Waals surface area (Å²) in [4.78, 5) is 54.8. The largest absolute Gasteiger partial charge is 0.412 e. The lowest BCUT2D eigenvalue weighted by Crippen LogP contribution is -2.40. The summed E-state index contributed by atoms with van der Waals surface area (Å²) in [6, 6.07) is 22.3. The smallest absolute Gasteiger partial charge is 0.261 e. The van der Waals surface area contributed by atoms with E-state index in [0.29, 0.717) is 35.3 Å². The number of unbranched alkanes of at least 4 members (excludes halogenated alkanes) is 5. The van der Waals surface area contributed by atoms with E-state index >= 15 is 0 Å². The first-order valence-electron chi connectivity index (χ1n) is 13.3. The van der Waals surface area contributed by atoms with Gasteiger partial charge in [-0.1, -0.05) is 74.2 Å². The third-order valence-electron chi connectivity index (χ3n) is 7.73. The number of carbonyl (C=O) groups is 4. The third kappa shape index (κ3) is 4.49. The van der Waals surface area contributed by atoms with Gasteiger partial charge in [-0.2, -0.15) is 0 Å². The van der Waals surface area contributed by atoms with Crippen LogP contribution in [-0.4, -0.2) is 52.0 Å². The summed E-state index contributed by atoms with van der Waals surface area (Å²) in [7, 11) is 0. The summed E-state index contributed by atoms with van der Waals surface area (Å²) < 4.78 is 0. The Morgan fingerprint density at radius 1 is 0.410 bits per heavy atom. The van der Waals surface area contributed by atoms with Gasteiger partial charge >= 0.3 is 0 Å². The molecule has 0 unspecified atom stereocenters. The van der Waals surface area contributed by atoms with Crippen molar-refractivity contribution in [2.75, 3.05) is 13.1 Å². The summed E-state index contributed by atoms with van der Waals surface area (Å²) in [6.45, 7) is 0.814. The van der Waals surface area contributed by atoms with Crippen LogP contribution in [0.3, 0.4) is 0 Å². The number of benzene rings is 4. The number of rotatable bonds is 9. The topological polar surface area (TPSA) is 106 Å². The molecule has 0 saturated heterocycles. The zero-order valence-corrected chi connectivity index (χ0v) is 21.6. The van der Waals surface area contributed by atoms with Gasteiger partial charge in [-0.25, -0.2) is 0 Å². The number of carbonyl (C=O) groups excluding carboxylic acids is 4. The summed E-state index contributed by atoms with van der Waals surface area (Å²) in [5.41, 5.74) is 2.38. The normalized spacial score (nSPS) is 14.4. The van der Waals surface area contributed by atoms with Crippen LogP contribution < -0.4 is 0 Å². The highest BCUT2D eigenvalue weighted by Crippen LogP contribution is 2.31. The van der Waals surface area contributed by atoms with Crippen LogP contribution in [0.4, 0.5) is 0 Å². The summed E-state index contributed by atoms with van der Waals surface area (Å²) >= 11 is 0.